The van der Waals surface area contributed by atoms with Gasteiger partial charge in [0.1, 0.15) is 11.5 Å². The molecule has 2 heterocycles. The lowest BCUT2D eigenvalue weighted by Crippen LogP contribution is -2.41. The number of rotatable bonds is 8. The number of nitrogens with one attached hydrogen (secondary N) is 2. The van der Waals surface area contributed by atoms with Gasteiger partial charge < -0.3 is 14.8 Å². The van der Waals surface area contributed by atoms with Gasteiger partial charge in [-0.3, -0.25) is 14.8 Å². The van der Waals surface area contributed by atoms with E-state index in [1.54, 1.807) is 14.2 Å². The fourth-order valence-corrected chi connectivity index (χ4v) is 3.44. The number of nitrogens with zero attached hydrogens (tertiary/aromatic N) is 2. The maximum Gasteiger partial charge on any atom is 0.220 e. The molecule has 1 unspecified atom stereocenters. The number of benzene rings is 1. The monoisotopic (exact) mass is 372 g/mol. The predicted octanol–water partition coefficient (Wildman–Crippen LogP) is 2.58. The van der Waals surface area contributed by atoms with E-state index in [0.29, 0.717) is 12.5 Å². The average molecular weight is 372 g/mol. The van der Waals surface area contributed by atoms with Gasteiger partial charge in [-0.05, 0) is 32.4 Å². The molecule has 146 valence electrons. The van der Waals surface area contributed by atoms with Crippen LogP contribution in [0.5, 0.6) is 11.5 Å². The summed E-state index contributed by atoms with van der Waals surface area (Å²) in [5, 5.41) is 10.4. The van der Waals surface area contributed by atoms with E-state index in [1.165, 1.54) is 0 Å². The number of aromatic nitrogens is 2. The van der Waals surface area contributed by atoms with Crippen molar-refractivity contribution in [3.63, 3.8) is 0 Å². The fraction of sp³-hybridized carbons (Fsp3) is 0.500. The quantitative estimate of drug-likeness (QED) is 0.745. The number of H-pyrrole nitrogens is 1. The van der Waals surface area contributed by atoms with Gasteiger partial charge in [-0.25, -0.2) is 0 Å². The van der Waals surface area contributed by atoms with Crippen molar-refractivity contribution < 1.29 is 14.3 Å². The van der Waals surface area contributed by atoms with Gasteiger partial charge in [0.05, 0.1) is 26.1 Å². The van der Waals surface area contributed by atoms with Crippen LogP contribution in [0.3, 0.4) is 0 Å². The van der Waals surface area contributed by atoms with Crippen LogP contribution in [-0.2, 0) is 11.3 Å². The Hall–Kier alpha value is -2.54. The first-order valence-electron chi connectivity index (χ1n) is 9.30. The Kier molecular flexibility index (Phi) is 6.01. The summed E-state index contributed by atoms with van der Waals surface area (Å²) in [6, 6.07) is 6.32. The Bertz CT molecular complexity index is 787. The van der Waals surface area contributed by atoms with Gasteiger partial charge in [-0.15, -0.1) is 0 Å². The van der Waals surface area contributed by atoms with Gasteiger partial charge in [0.15, 0.2) is 0 Å². The highest BCUT2D eigenvalue weighted by molar-refractivity contribution is 5.78. The number of ether oxygens (including phenoxy) is 2. The molecule has 1 aliphatic heterocycles. The van der Waals surface area contributed by atoms with Crippen LogP contribution in [0.15, 0.2) is 24.4 Å². The lowest BCUT2D eigenvalue weighted by molar-refractivity contribution is -0.119. The second-order valence-corrected chi connectivity index (χ2v) is 7.16. The molecule has 0 spiro atoms. The van der Waals surface area contributed by atoms with Crippen LogP contribution in [0.25, 0.3) is 11.3 Å². The van der Waals surface area contributed by atoms with Crippen molar-refractivity contribution in [3.05, 3.63) is 30.0 Å². The highest BCUT2D eigenvalue weighted by Crippen LogP contribution is 2.34. The number of aromatic amines is 1. The normalized spacial score (nSPS) is 16.8. The molecule has 1 aromatic carbocycles. The molecule has 1 fully saturated rings. The number of carbonyl (C=O) groups is 1. The molecule has 0 radical (unpaired) electrons. The third kappa shape index (κ3) is 4.42. The molecule has 1 saturated heterocycles. The van der Waals surface area contributed by atoms with Crippen LogP contribution in [0.4, 0.5) is 0 Å². The van der Waals surface area contributed by atoms with Crippen LogP contribution < -0.4 is 14.8 Å². The summed E-state index contributed by atoms with van der Waals surface area (Å²) in [4.78, 5) is 13.9. The maximum atomic E-state index is 11.5. The standard InChI is InChI=1S/C20H28N4O3/c1-13(2)24(12-15-5-8-19(25)22-15)11-14-10-21-23-20(14)17-7-6-16(26-3)9-18(17)27-4/h6-7,9-10,13,15H,5,8,11-12H2,1-4H3,(H,21,23)(H,22,25). The van der Waals surface area contributed by atoms with E-state index in [-0.39, 0.29) is 11.9 Å². The maximum absolute atomic E-state index is 11.5. The molecule has 27 heavy (non-hydrogen) atoms. The zero-order valence-electron chi connectivity index (χ0n) is 16.4. The minimum absolute atomic E-state index is 0.149. The van der Waals surface area contributed by atoms with Gasteiger partial charge in [0, 0.05) is 48.8 Å². The molecule has 1 aromatic heterocycles. The lowest BCUT2D eigenvalue weighted by atomic mass is 10.1. The topological polar surface area (TPSA) is 79.5 Å². The Morgan fingerprint density at radius 2 is 2.11 bits per heavy atom. The fourth-order valence-electron chi connectivity index (χ4n) is 3.44. The molecular weight excluding hydrogens is 344 g/mol. The molecule has 3 rings (SSSR count). The molecule has 2 aromatic rings. The van der Waals surface area contributed by atoms with Crippen LogP contribution in [-0.4, -0.2) is 53.9 Å². The Morgan fingerprint density at radius 3 is 2.74 bits per heavy atom. The molecule has 1 amide bonds. The molecule has 0 bridgehead atoms. The first-order valence-corrected chi connectivity index (χ1v) is 9.30. The zero-order valence-corrected chi connectivity index (χ0v) is 16.4. The highest BCUT2D eigenvalue weighted by atomic mass is 16.5. The van der Waals surface area contributed by atoms with Gasteiger partial charge in [-0.2, -0.15) is 5.10 Å². The molecule has 2 N–H and O–H groups in total. The summed E-state index contributed by atoms with van der Waals surface area (Å²) in [5.41, 5.74) is 2.98. The first-order chi connectivity index (χ1) is 13.0. The van der Waals surface area contributed by atoms with Gasteiger partial charge >= 0.3 is 0 Å². The molecule has 0 saturated carbocycles. The second-order valence-electron chi connectivity index (χ2n) is 7.16. The number of carbonyl (C=O) groups excluding carboxylic acids is 1. The van der Waals surface area contributed by atoms with Crippen LogP contribution in [0.1, 0.15) is 32.3 Å². The minimum atomic E-state index is 0.149. The summed E-state index contributed by atoms with van der Waals surface area (Å²) in [6.07, 6.45) is 3.38. The lowest BCUT2D eigenvalue weighted by Gasteiger charge is -2.29. The van der Waals surface area contributed by atoms with Crippen molar-refractivity contribution >= 4 is 5.91 Å². The number of methoxy groups -OCH3 is 2. The Labute approximate surface area is 160 Å². The number of hydrogen-bond acceptors (Lipinski definition) is 5. The van der Waals surface area contributed by atoms with E-state index in [9.17, 15) is 4.79 Å². The molecule has 1 aliphatic rings. The van der Waals surface area contributed by atoms with Crippen LogP contribution >= 0.6 is 0 Å². The van der Waals surface area contributed by atoms with Crippen molar-refractivity contribution in [2.75, 3.05) is 20.8 Å². The molecule has 1 atom stereocenters. The van der Waals surface area contributed by atoms with E-state index < -0.39 is 0 Å². The van der Waals surface area contributed by atoms with E-state index in [4.69, 9.17) is 9.47 Å². The van der Waals surface area contributed by atoms with Crippen molar-refractivity contribution in [2.45, 2.75) is 45.3 Å². The van der Waals surface area contributed by atoms with Crippen molar-refractivity contribution in [2.24, 2.45) is 0 Å². The second kappa shape index (κ2) is 8.43. The third-order valence-corrected chi connectivity index (χ3v) is 5.04. The van der Waals surface area contributed by atoms with E-state index in [2.05, 4.69) is 34.3 Å². The summed E-state index contributed by atoms with van der Waals surface area (Å²) in [5.74, 6) is 1.63. The van der Waals surface area contributed by atoms with Crippen molar-refractivity contribution in [1.82, 2.24) is 20.4 Å². The van der Waals surface area contributed by atoms with Gasteiger partial charge in [-0.1, -0.05) is 0 Å². The first kappa shape index (κ1) is 19.2. The highest BCUT2D eigenvalue weighted by Gasteiger charge is 2.25. The van der Waals surface area contributed by atoms with E-state index in [1.807, 2.05) is 24.4 Å². The van der Waals surface area contributed by atoms with E-state index in [0.717, 1.165) is 47.8 Å². The minimum Gasteiger partial charge on any atom is -0.497 e. The summed E-state index contributed by atoms with van der Waals surface area (Å²) in [7, 11) is 3.29. The molecular formula is C20H28N4O3. The number of hydrogen-bond donors (Lipinski definition) is 2. The van der Waals surface area contributed by atoms with Crippen LogP contribution in [0, 0.1) is 0 Å². The summed E-state index contributed by atoms with van der Waals surface area (Å²) in [6.45, 7) is 5.91. The Balaban J connectivity index is 1.82. The third-order valence-electron chi connectivity index (χ3n) is 5.04. The zero-order chi connectivity index (χ0) is 19.4. The van der Waals surface area contributed by atoms with Gasteiger partial charge in [0.25, 0.3) is 0 Å². The molecule has 7 heteroatoms. The van der Waals surface area contributed by atoms with Gasteiger partial charge in [0.2, 0.25) is 5.91 Å². The SMILES string of the molecule is COc1ccc(-c2[nH]ncc2CN(CC2CCC(=O)N2)C(C)C)c(OC)c1. The van der Waals surface area contributed by atoms with Crippen LogP contribution in [0.2, 0.25) is 0 Å². The van der Waals surface area contributed by atoms with Crippen molar-refractivity contribution in [1.29, 1.82) is 0 Å². The summed E-state index contributed by atoms with van der Waals surface area (Å²) >= 11 is 0. The van der Waals surface area contributed by atoms with Crippen molar-refractivity contribution in [3.8, 4) is 22.8 Å². The predicted molar refractivity (Wildman–Crippen MR) is 104 cm³/mol. The number of amides is 1. The molecule has 7 nitrogen and oxygen atoms in total. The summed E-state index contributed by atoms with van der Waals surface area (Å²) < 4.78 is 10.8. The Morgan fingerprint density at radius 1 is 1.30 bits per heavy atom. The van der Waals surface area contributed by atoms with E-state index >= 15 is 0 Å². The largest absolute Gasteiger partial charge is 0.497 e. The average Bonchev–Trinajstić information content (AvgIpc) is 3.29. The smallest absolute Gasteiger partial charge is 0.220 e. The molecule has 0 aliphatic carbocycles.